The molecule has 0 saturated carbocycles. The van der Waals surface area contributed by atoms with Gasteiger partial charge in [0.25, 0.3) is 15.9 Å². The molecule has 4 aromatic rings. The molecule has 0 bridgehead atoms. The van der Waals surface area contributed by atoms with Crippen LogP contribution in [0.4, 0.5) is 11.4 Å². The van der Waals surface area contributed by atoms with E-state index in [0.29, 0.717) is 22.2 Å². The molecule has 0 aliphatic heterocycles. The van der Waals surface area contributed by atoms with Gasteiger partial charge in [-0.1, -0.05) is 54.1 Å². The Hall–Kier alpha value is -4.01. The number of anilines is 2. The maximum Gasteiger partial charge on any atom is 0.264 e. The van der Waals surface area contributed by atoms with Crippen LogP contribution in [0.3, 0.4) is 0 Å². The second-order valence-electron chi connectivity index (χ2n) is 7.99. The van der Waals surface area contributed by atoms with Crippen LogP contribution in [0.5, 0.6) is 11.5 Å². The standard InChI is InChI=1S/C28H25ClN2O5S/c1-35-22-13-15-23(16-14-22)37(33,34)31(19-20-8-4-3-5-9-20)26-11-7-6-10-24(26)28(32)30-21-12-17-27(36-2)25(29)18-21/h3-18H,19H2,1-2H3,(H,30,32). The molecule has 4 aromatic carbocycles. The van der Waals surface area contributed by atoms with Crippen molar-refractivity contribution in [3.05, 3.63) is 113 Å². The van der Waals surface area contributed by atoms with E-state index in [0.717, 1.165) is 5.56 Å². The van der Waals surface area contributed by atoms with Crippen molar-refractivity contribution < 1.29 is 22.7 Å². The molecule has 0 heterocycles. The van der Waals surface area contributed by atoms with Gasteiger partial charge in [-0.3, -0.25) is 9.10 Å². The number of methoxy groups -OCH3 is 2. The summed E-state index contributed by atoms with van der Waals surface area (Å²) < 4.78 is 39.4. The summed E-state index contributed by atoms with van der Waals surface area (Å²) in [6.45, 7) is 0.0217. The zero-order chi connectivity index (χ0) is 26.4. The summed E-state index contributed by atoms with van der Waals surface area (Å²) in [5.41, 5.74) is 1.62. The lowest BCUT2D eigenvalue weighted by Gasteiger charge is -2.26. The molecule has 37 heavy (non-hydrogen) atoms. The van der Waals surface area contributed by atoms with Gasteiger partial charge in [-0.15, -0.1) is 0 Å². The number of carbonyl (C=O) groups is 1. The largest absolute Gasteiger partial charge is 0.497 e. The fraction of sp³-hybridized carbons (Fsp3) is 0.107. The Bertz CT molecular complexity index is 1490. The average molecular weight is 537 g/mol. The number of halogens is 1. The normalized spacial score (nSPS) is 11.0. The minimum Gasteiger partial charge on any atom is -0.497 e. The van der Waals surface area contributed by atoms with Crippen LogP contribution in [-0.4, -0.2) is 28.5 Å². The number of ether oxygens (including phenoxy) is 2. The highest BCUT2D eigenvalue weighted by molar-refractivity contribution is 7.92. The number of nitrogens with zero attached hydrogens (tertiary/aromatic N) is 1. The molecule has 0 spiro atoms. The van der Waals surface area contributed by atoms with Gasteiger partial charge < -0.3 is 14.8 Å². The van der Waals surface area contributed by atoms with Crippen LogP contribution in [0.15, 0.2) is 102 Å². The topological polar surface area (TPSA) is 84.9 Å². The summed E-state index contributed by atoms with van der Waals surface area (Å²) in [6.07, 6.45) is 0. The maximum absolute atomic E-state index is 13.9. The SMILES string of the molecule is COc1ccc(S(=O)(=O)N(Cc2ccccc2)c2ccccc2C(=O)Nc2ccc(OC)c(Cl)c2)cc1. The minimum absolute atomic E-state index is 0.0217. The molecule has 9 heteroatoms. The molecule has 190 valence electrons. The molecule has 0 atom stereocenters. The maximum atomic E-state index is 13.9. The van der Waals surface area contributed by atoms with E-state index in [1.54, 1.807) is 54.6 Å². The van der Waals surface area contributed by atoms with Crippen molar-refractivity contribution in [2.45, 2.75) is 11.4 Å². The number of amides is 1. The molecular weight excluding hydrogens is 512 g/mol. The first kappa shape index (κ1) is 26.1. The molecule has 4 rings (SSSR count). The summed E-state index contributed by atoms with van der Waals surface area (Å²) in [4.78, 5) is 13.5. The Morgan fingerprint density at radius 2 is 1.54 bits per heavy atom. The number of hydrogen-bond donors (Lipinski definition) is 1. The van der Waals surface area contributed by atoms with Crippen molar-refractivity contribution in [1.82, 2.24) is 0 Å². The van der Waals surface area contributed by atoms with Crippen molar-refractivity contribution in [3.8, 4) is 11.5 Å². The van der Waals surface area contributed by atoms with E-state index in [1.165, 1.54) is 30.7 Å². The smallest absolute Gasteiger partial charge is 0.264 e. The number of nitrogens with one attached hydrogen (secondary N) is 1. The van der Waals surface area contributed by atoms with Gasteiger partial charge in [0, 0.05) is 5.69 Å². The predicted molar refractivity (Wildman–Crippen MR) is 145 cm³/mol. The summed E-state index contributed by atoms with van der Waals surface area (Å²) >= 11 is 6.21. The van der Waals surface area contributed by atoms with E-state index in [9.17, 15) is 13.2 Å². The highest BCUT2D eigenvalue weighted by atomic mass is 35.5. The van der Waals surface area contributed by atoms with Crippen LogP contribution in [0.2, 0.25) is 5.02 Å². The molecule has 0 saturated heterocycles. The Morgan fingerprint density at radius 1 is 0.865 bits per heavy atom. The monoisotopic (exact) mass is 536 g/mol. The van der Waals surface area contributed by atoms with Gasteiger partial charge >= 0.3 is 0 Å². The second-order valence-corrected chi connectivity index (χ2v) is 10.3. The number of carbonyl (C=O) groups excluding carboxylic acids is 1. The first-order chi connectivity index (χ1) is 17.8. The number of para-hydroxylation sites is 1. The summed E-state index contributed by atoms with van der Waals surface area (Å²) in [7, 11) is -1.05. The minimum atomic E-state index is -4.06. The van der Waals surface area contributed by atoms with Gasteiger partial charge in [-0.05, 0) is 60.2 Å². The van der Waals surface area contributed by atoms with Crippen molar-refractivity contribution >= 4 is 38.9 Å². The first-order valence-electron chi connectivity index (χ1n) is 11.3. The van der Waals surface area contributed by atoms with E-state index < -0.39 is 15.9 Å². The van der Waals surface area contributed by atoms with Crippen LogP contribution in [-0.2, 0) is 16.6 Å². The van der Waals surface area contributed by atoms with Crippen LogP contribution < -0.4 is 19.1 Å². The van der Waals surface area contributed by atoms with Crippen LogP contribution in [0.25, 0.3) is 0 Å². The third-order valence-corrected chi connectivity index (χ3v) is 7.71. The van der Waals surface area contributed by atoms with E-state index in [1.807, 2.05) is 30.3 Å². The van der Waals surface area contributed by atoms with Crippen molar-refractivity contribution in [1.29, 1.82) is 0 Å². The highest BCUT2D eigenvalue weighted by Crippen LogP contribution is 2.32. The van der Waals surface area contributed by atoms with Crippen LogP contribution >= 0.6 is 11.6 Å². The molecule has 0 fully saturated rings. The summed E-state index contributed by atoms with van der Waals surface area (Å²) in [6, 6.07) is 26.7. The Balaban J connectivity index is 1.76. The van der Waals surface area contributed by atoms with Crippen molar-refractivity contribution in [3.63, 3.8) is 0 Å². The molecule has 0 aliphatic carbocycles. The van der Waals surface area contributed by atoms with Crippen LogP contribution in [0, 0.1) is 0 Å². The quantitative estimate of drug-likeness (QED) is 0.283. The number of hydrogen-bond acceptors (Lipinski definition) is 5. The van der Waals surface area contributed by atoms with E-state index in [4.69, 9.17) is 21.1 Å². The fourth-order valence-corrected chi connectivity index (χ4v) is 5.48. The Labute approximate surface area is 221 Å². The lowest BCUT2D eigenvalue weighted by atomic mass is 10.1. The van der Waals surface area contributed by atoms with Gasteiger partial charge in [0.2, 0.25) is 0 Å². The van der Waals surface area contributed by atoms with Gasteiger partial charge in [0.1, 0.15) is 11.5 Å². The first-order valence-corrected chi connectivity index (χ1v) is 13.1. The lowest BCUT2D eigenvalue weighted by molar-refractivity contribution is 0.102. The zero-order valence-electron chi connectivity index (χ0n) is 20.2. The van der Waals surface area contributed by atoms with Crippen molar-refractivity contribution in [2.24, 2.45) is 0 Å². The Kier molecular flexibility index (Phi) is 8.01. The van der Waals surface area contributed by atoms with Gasteiger partial charge in [0.05, 0.1) is 41.9 Å². The molecule has 7 nitrogen and oxygen atoms in total. The molecule has 0 aliphatic rings. The van der Waals surface area contributed by atoms with E-state index >= 15 is 0 Å². The third-order valence-electron chi connectivity index (χ3n) is 5.64. The molecular formula is C28H25ClN2O5S. The third kappa shape index (κ3) is 5.87. The molecule has 0 radical (unpaired) electrons. The van der Waals surface area contributed by atoms with Crippen LogP contribution in [0.1, 0.15) is 15.9 Å². The molecule has 1 amide bonds. The molecule has 0 unspecified atom stereocenters. The Morgan fingerprint density at radius 3 is 2.19 bits per heavy atom. The van der Waals surface area contributed by atoms with E-state index in [-0.39, 0.29) is 22.7 Å². The van der Waals surface area contributed by atoms with Gasteiger partial charge in [-0.2, -0.15) is 0 Å². The van der Waals surface area contributed by atoms with E-state index in [2.05, 4.69) is 5.32 Å². The predicted octanol–water partition coefficient (Wildman–Crippen LogP) is 6.01. The second kappa shape index (κ2) is 11.4. The number of rotatable bonds is 9. The highest BCUT2D eigenvalue weighted by Gasteiger charge is 2.29. The van der Waals surface area contributed by atoms with Crippen molar-refractivity contribution in [2.75, 3.05) is 23.8 Å². The number of benzene rings is 4. The number of sulfonamides is 1. The van der Waals surface area contributed by atoms with Gasteiger partial charge in [0.15, 0.2) is 0 Å². The zero-order valence-corrected chi connectivity index (χ0v) is 21.8. The van der Waals surface area contributed by atoms with Gasteiger partial charge in [-0.25, -0.2) is 8.42 Å². The summed E-state index contributed by atoms with van der Waals surface area (Å²) in [5, 5.41) is 3.13. The fourth-order valence-electron chi connectivity index (χ4n) is 3.75. The lowest BCUT2D eigenvalue weighted by Crippen LogP contribution is -2.32. The molecule has 0 aromatic heterocycles. The summed E-state index contributed by atoms with van der Waals surface area (Å²) in [5.74, 6) is 0.519. The molecule has 1 N–H and O–H groups in total. The average Bonchev–Trinajstić information content (AvgIpc) is 2.92.